The van der Waals surface area contributed by atoms with Crippen LogP contribution in [0.5, 0.6) is 5.75 Å². The van der Waals surface area contributed by atoms with Gasteiger partial charge >= 0.3 is 21.6 Å². The Labute approximate surface area is 112 Å². The first-order valence-corrected chi connectivity index (χ1v) is 7.86. The molecule has 0 aliphatic carbocycles. The predicted molar refractivity (Wildman–Crippen MR) is 62.6 cm³/mol. The van der Waals surface area contributed by atoms with Crippen molar-refractivity contribution < 1.29 is 47.7 Å². The number of hydrogen-bond acceptors (Lipinski definition) is 5. The van der Waals surface area contributed by atoms with Gasteiger partial charge in [0.05, 0.1) is 0 Å². The number of carboxylic acids is 1. The van der Waals surface area contributed by atoms with Crippen LogP contribution in [-0.2, 0) is 18.4 Å². The molecule has 1 aromatic rings. The van der Waals surface area contributed by atoms with E-state index in [0.29, 0.717) is 0 Å². The van der Waals surface area contributed by atoms with Crippen molar-refractivity contribution in [2.75, 3.05) is 0 Å². The maximum absolute atomic E-state index is 10.9. The lowest BCUT2D eigenvalue weighted by atomic mass is 10.1. The van der Waals surface area contributed by atoms with E-state index >= 15 is 0 Å². The largest absolute Gasteiger partial charge is 0.524 e. The summed E-state index contributed by atoms with van der Waals surface area (Å²) in [7, 11) is -9.92. The van der Waals surface area contributed by atoms with Crippen molar-refractivity contribution in [3.63, 3.8) is 0 Å². The number of benzene rings is 1. The Balaban J connectivity index is 3.09. The van der Waals surface area contributed by atoms with Gasteiger partial charge in [0.1, 0.15) is 5.75 Å². The number of carboxylic acid groups (broad SMARTS) is 1. The van der Waals surface area contributed by atoms with Crippen LogP contribution in [0.25, 0.3) is 0 Å². The SMILES string of the molecule is O=C(O)C(OP(=O)(O)O)c1cccc(OP(=O)(O)O)c1. The summed E-state index contributed by atoms with van der Waals surface area (Å²) in [6.45, 7) is 0. The quantitative estimate of drug-likeness (QED) is 0.460. The fraction of sp³-hybridized carbons (Fsp3) is 0.125. The van der Waals surface area contributed by atoms with Gasteiger partial charge in [0.15, 0.2) is 6.10 Å². The van der Waals surface area contributed by atoms with Crippen LogP contribution in [0.3, 0.4) is 0 Å². The molecular weight excluding hydrogens is 318 g/mol. The van der Waals surface area contributed by atoms with Gasteiger partial charge < -0.3 is 19.4 Å². The molecule has 0 aliphatic heterocycles. The van der Waals surface area contributed by atoms with Gasteiger partial charge in [-0.15, -0.1) is 0 Å². The van der Waals surface area contributed by atoms with Crippen LogP contribution in [-0.4, -0.2) is 30.6 Å². The molecule has 0 saturated carbocycles. The average Bonchev–Trinajstić information content (AvgIpc) is 2.22. The van der Waals surface area contributed by atoms with Gasteiger partial charge in [0, 0.05) is 0 Å². The van der Waals surface area contributed by atoms with Crippen molar-refractivity contribution in [2.24, 2.45) is 0 Å². The van der Waals surface area contributed by atoms with Gasteiger partial charge in [-0.25, -0.2) is 13.9 Å². The zero-order valence-electron chi connectivity index (χ0n) is 9.56. The minimum atomic E-state index is -5.07. The summed E-state index contributed by atoms with van der Waals surface area (Å²) in [5.41, 5.74) is -0.258. The smallest absolute Gasteiger partial charge is 0.479 e. The fourth-order valence-corrected chi connectivity index (χ4v) is 2.13. The maximum atomic E-state index is 10.9. The third-order valence-corrected chi connectivity index (χ3v) is 2.79. The van der Waals surface area contributed by atoms with Crippen molar-refractivity contribution >= 4 is 21.6 Å². The third-order valence-electron chi connectivity index (χ3n) is 1.85. The summed E-state index contributed by atoms with van der Waals surface area (Å²) in [4.78, 5) is 45.4. The van der Waals surface area contributed by atoms with E-state index in [2.05, 4.69) is 9.05 Å². The van der Waals surface area contributed by atoms with Crippen LogP contribution in [0.15, 0.2) is 24.3 Å². The third kappa shape index (κ3) is 5.81. The standard InChI is InChI=1S/C8H10O10P2/c9-8(10)7(18-20(14,15)16)5-2-1-3-6(4-5)17-19(11,12)13/h1-4,7H,(H,9,10)(H2,11,12,13)(H2,14,15,16). The molecule has 0 aliphatic rings. The molecule has 0 radical (unpaired) electrons. The van der Waals surface area contributed by atoms with Crippen molar-refractivity contribution in [3.05, 3.63) is 29.8 Å². The van der Waals surface area contributed by atoms with E-state index in [9.17, 15) is 13.9 Å². The Bertz CT molecular complexity index is 587. The number of aliphatic carboxylic acids is 1. The first-order valence-electron chi connectivity index (χ1n) is 4.80. The number of hydrogen-bond donors (Lipinski definition) is 5. The van der Waals surface area contributed by atoms with E-state index < -0.39 is 27.7 Å². The molecule has 0 amide bonds. The molecule has 10 nitrogen and oxygen atoms in total. The van der Waals surface area contributed by atoms with Crippen LogP contribution < -0.4 is 4.52 Å². The molecule has 0 heterocycles. The minimum Gasteiger partial charge on any atom is -0.479 e. The molecule has 1 atom stereocenters. The van der Waals surface area contributed by atoms with Crippen molar-refractivity contribution in [1.29, 1.82) is 0 Å². The Kier molecular flexibility index (Phi) is 5.06. The lowest BCUT2D eigenvalue weighted by Gasteiger charge is -2.15. The van der Waals surface area contributed by atoms with E-state index in [0.717, 1.165) is 18.2 Å². The normalized spacial score (nSPS) is 13.8. The predicted octanol–water partition coefficient (Wildman–Crippen LogP) is 0.393. The van der Waals surface area contributed by atoms with Gasteiger partial charge in [-0.3, -0.25) is 14.3 Å². The molecule has 0 saturated heterocycles. The highest BCUT2D eigenvalue weighted by molar-refractivity contribution is 7.46. The monoisotopic (exact) mass is 328 g/mol. The number of phosphoric ester groups is 2. The highest BCUT2D eigenvalue weighted by Crippen LogP contribution is 2.43. The molecule has 1 rings (SSSR count). The van der Waals surface area contributed by atoms with E-state index in [1.165, 1.54) is 6.07 Å². The summed E-state index contributed by atoms with van der Waals surface area (Å²) in [5.74, 6) is -2.07. The molecule has 1 unspecified atom stereocenters. The van der Waals surface area contributed by atoms with Crippen LogP contribution in [0, 0.1) is 0 Å². The molecule has 5 N–H and O–H groups in total. The summed E-state index contributed by atoms with van der Waals surface area (Å²) >= 11 is 0. The number of phosphoric acid groups is 2. The zero-order chi connectivity index (χ0) is 15.6. The van der Waals surface area contributed by atoms with Gasteiger partial charge in [0.25, 0.3) is 0 Å². The molecular formula is C8H10O10P2. The van der Waals surface area contributed by atoms with E-state index in [-0.39, 0.29) is 11.3 Å². The second-order valence-electron chi connectivity index (χ2n) is 3.47. The van der Waals surface area contributed by atoms with Crippen molar-refractivity contribution in [3.8, 4) is 5.75 Å². The zero-order valence-corrected chi connectivity index (χ0v) is 11.3. The van der Waals surface area contributed by atoms with Crippen LogP contribution in [0.1, 0.15) is 11.7 Å². The second-order valence-corrected chi connectivity index (χ2v) is 5.82. The molecule has 0 bridgehead atoms. The molecule has 20 heavy (non-hydrogen) atoms. The van der Waals surface area contributed by atoms with Gasteiger partial charge in [-0.2, -0.15) is 0 Å². The van der Waals surface area contributed by atoms with Crippen LogP contribution in [0.4, 0.5) is 0 Å². The molecule has 1 aromatic carbocycles. The second kappa shape index (κ2) is 6.02. The molecule has 12 heteroatoms. The highest BCUT2D eigenvalue weighted by atomic mass is 31.2. The van der Waals surface area contributed by atoms with Crippen LogP contribution >= 0.6 is 15.6 Å². The van der Waals surface area contributed by atoms with Gasteiger partial charge in [-0.1, -0.05) is 12.1 Å². The Morgan fingerprint density at radius 3 is 2.15 bits per heavy atom. The summed E-state index contributed by atoms with van der Waals surface area (Å²) in [6.07, 6.45) is -2.02. The Morgan fingerprint density at radius 1 is 1.10 bits per heavy atom. The van der Waals surface area contributed by atoms with Crippen molar-refractivity contribution in [2.45, 2.75) is 6.10 Å². The van der Waals surface area contributed by atoms with E-state index in [1.807, 2.05) is 0 Å². The van der Waals surface area contributed by atoms with Gasteiger partial charge in [-0.05, 0) is 17.7 Å². The summed E-state index contributed by atoms with van der Waals surface area (Å²) in [5, 5.41) is 8.85. The molecule has 0 aromatic heterocycles. The molecule has 0 fully saturated rings. The maximum Gasteiger partial charge on any atom is 0.524 e. The lowest BCUT2D eigenvalue weighted by Crippen LogP contribution is -2.14. The minimum absolute atomic E-state index is 0.258. The number of rotatable bonds is 6. The van der Waals surface area contributed by atoms with E-state index in [1.54, 1.807) is 0 Å². The highest BCUT2D eigenvalue weighted by Gasteiger charge is 2.30. The first-order chi connectivity index (χ1) is 8.98. The first kappa shape index (κ1) is 16.8. The lowest BCUT2D eigenvalue weighted by molar-refractivity contribution is -0.146. The number of carbonyl (C=O) groups is 1. The Hall–Kier alpha value is -1.25. The van der Waals surface area contributed by atoms with Crippen molar-refractivity contribution in [1.82, 2.24) is 0 Å². The summed E-state index contributed by atoms with van der Waals surface area (Å²) < 4.78 is 29.6. The topological polar surface area (TPSA) is 171 Å². The fourth-order valence-electron chi connectivity index (χ4n) is 1.26. The molecule has 112 valence electrons. The summed E-state index contributed by atoms with van der Waals surface area (Å²) in [6, 6.07) is 4.33. The van der Waals surface area contributed by atoms with Crippen LogP contribution in [0.2, 0.25) is 0 Å². The molecule has 0 spiro atoms. The van der Waals surface area contributed by atoms with Gasteiger partial charge in [0.2, 0.25) is 0 Å². The average molecular weight is 328 g/mol. The Morgan fingerprint density at radius 2 is 1.70 bits per heavy atom. The van der Waals surface area contributed by atoms with E-state index in [4.69, 9.17) is 24.7 Å².